The second-order valence-electron chi connectivity index (χ2n) is 13.4. The highest BCUT2D eigenvalue weighted by atomic mass is 16.7. The Kier molecular flexibility index (Phi) is 14.0. The molecule has 0 radical (unpaired) electrons. The first-order valence-corrected chi connectivity index (χ1v) is 15.7. The lowest BCUT2D eigenvalue weighted by atomic mass is 9.79. The van der Waals surface area contributed by atoms with Crippen molar-refractivity contribution in [3.8, 4) is 0 Å². The smallest absolute Gasteiger partial charge is 0.169 e. The largest absolute Gasteiger partial charge is 0.392 e. The van der Waals surface area contributed by atoms with Gasteiger partial charge in [0.05, 0.1) is 24.4 Å². The summed E-state index contributed by atoms with van der Waals surface area (Å²) in [4.78, 5) is 24.5. The van der Waals surface area contributed by atoms with Crippen LogP contribution in [0.4, 0.5) is 0 Å². The Labute approximate surface area is 243 Å². The van der Waals surface area contributed by atoms with Crippen molar-refractivity contribution in [2.45, 2.75) is 143 Å². The number of Topliss-reactive ketones (excluding diaryl/α,β-unsaturated/α-hetero) is 1. The van der Waals surface area contributed by atoms with Crippen LogP contribution in [0.2, 0.25) is 0 Å². The molecule has 0 aromatic carbocycles. The summed E-state index contributed by atoms with van der Waals surface area (Å²) in [6, 6.07) is 0. The van der Waals surface area contributed by atoms with Crippen LogP contribution in [-0.4, -0.2) is 65.2 Å². The topological polar surface area (TPSA) is 102 Å². The second-order valence-corrected chi connectivity index (χ2v) is 13.4. The fourth-order valence-electron chi connectivity index (χ4n) is 6.12. The fraction of sp³-hybridized carbons (Fsp3) is 0.879. The average molecular weight is 567 g/mol. The summed E-state index contributed by atoms with van der Waals surface area (Å²) >= 11 is 0. The summed E-state index contributed by atoms with van der Waals surface area (Å²) in [5.41, 5.74) is 0. The minimum absolute atomic E-state index is 0.00136. The quantitative estimate of drug-likeness (QED) is 0.238. The van der Waals surface area contributed by atoms with Gasteiger partial charge in [-0.15, -0.1) is 0 Å². The minimum Gasteiger partial charge on any atom is -0.392 e. The summed E-state index contributed by atoms with van der Waals surface area (Å²) < 4.78 is 18.8. The zero-order valence-electron chi connectivity index (χ0n) is 26.6. The molecule has 1 spiro atoms. The number of ketones is 2. The number of hydrogen-bond donors (Lipinski definition) is 2. The van der Waals surface area contributed by atoms with Gasteiger partial charge in [-0.05, 0) is 81.3 Å². The lowest BCUT2D eigenvalue weighted by molar-refractivity contribution is -0.338. The molecule has 7 heteroatoms. The number of rotatable bonds is 15. The summed E-state index contributed by atoms with van der Waals surface area (Å²) in [7, 11) is 1.51. The van der Waals surface area contributed by atoms with E-state index in [0.29, 0.717) is 18.3 Å². The predicted molar refractivity (Wildman–Crippen MR) is 158 cm³/mol. The van der Waals surface area contributed by atoms with Gasteiger partial charge in [0.2, 0.25) is 0 Å². The van der Waals surface area contributed by atoms with Crippen molar-refractivity contribution in [3.63, 3.8) is 0 Å². The van der Waals surface area contributed by atoms with Crippen molar-refractivity contribution in [2.75, 3.05) is 7.11 Å². The normalized spacial score (nSPS) is 32.1. The third-order valence-electron chi connectivity index (χ3n) is 9.70. The van der Waals surface area contributed by atoms with Crippen molar-refractivity contribution in [2.24, 2.45) is 35.5 Å². The van der Waals surface area contributed by atoms with E-state index in [1.807, 2.05) is 20.8 Å². The summed E-state index contributed by atoms with van der Waals surface area (Å²) in [5, 5.41) is 21.1. The van der Waals surface area contributed by atoms with E-state index < -0.39 is 30.0 Å². The SMILES string of the molecule is CO[C@@H](/C=C/C(=O)[C@@H](C)[C@@H](O)CC[C@@H](C)[C@@H]1O[C@]2(CC[C@@H](C)[C@H](CC[C@H](C)C(C)=O)O2)CC[C@@H]1C)[C@H](O)C(C)C. The van der Waals surface area contributed by atoms with Gasteiger partial charge in [-0.3, -0.25) is 9.59 Å². The molecule has 0 aliphatic carbocycles. The van der Waals surface area contributed by atoms with Gasteiger partial charge in [0.25, 0.3) is 0 Å². The highest BCUT2D eigenvalue weighted by molar-refractivity contribution is 5.91. The molecule has 2 heterocycles. The first-order chi connectivity index (χ1) is 18.7. The number of aliphatic hydroxyl groups excluding tert-OH is 2. The summed E-state index contributed by atoms with van der Waals surface area (Å²) in [6.07, 6.45) is 7.95. The first-order valence-electron chi connectivity index (χ1n) is 15.7. The lowest BCUT2D eigenvalue weighted by Gasteiger charge is -2.51. The predicted octanol–water partition coefficient (Wildman–Crippen LogP) is 5.89. The van der Waals surface area contributed by atoms with Crippen LogP contribution < -0.4 is 0 Å². The molecule has 0 aromatic rings. The summed E-state index contributed by atoms with van der Waals surface area (Å²) in [5.74, 6) is 0.0405. The Hall–Kier alpha value is -1.12. The molecule has 2 aliphatic heterocycles. The van der Waals surface area contributed by atoms with E-state index in [1.54, 1.807) is 19.9 Å². The Morgan fingerprint density at radius 2 is 1.60 bits per heavy atom. The molecular formula is C33H58O7. The maximum atomic E-state index is 12.7. The van der Waals surface area contributed by atoms with Crippen LogP contribution in [0.5, 0.6) is 0 Å². The van der Waals surface area contributed by atoms with Crippen LogP contribution in [0.3, 0.4) is 0 Å². The van der Waals surface area contributed by atoms with Crippen molar-refractivity contribution >= 4 is 11.6 Å². The van der Waals surface area contributed by atoms with E-state index >= 15 is 0 Å². The van der Waals surface area contributed by atoms with Gasteiger partial charge in [-0.25, -0.2) is 0 Å². The highest BCUT2D eigenvalue weighted by Gasteiger charge is 2.47. The molecule has 0 unspecified atom stereocenters. The molecule has 2 saturated heterocycles. The monoisotopic (exact) mass is 566 g/mol. The molecule has 7 nitrogen and oxygen atoms in total. The lowest BCUT2D eigenvalue weighted by Crippen LogP contribution is -2.53. The van der Waals surface area contributed by atoms with Gasteiger partial charge < -0.3 is 24.4 Å². The number of aliphatic hydroxyl groups is 2. The molecular weight excluding hydrogens is 508 g/mol. The summed E-state index contributed by atoms with van der Waals surface area (Å²) in [6.45, 7) is 15.8. The molecule has 2 rings (SSSR count). The molecule has 2 aliphatic rings. The first kappa shape index (κ1) is 35.1. The van der Waals surface area contributed by atoms with Crippen molar-refractivity contribution in [1.29, 1.82) is 0 Å². The van der Waals surface area contributed by atoms with Gasteiger partial charge in [0.1, 0.15) is 11.9 Å². The highest BCUT2D eigenvalue weighted by Crippen LogP contribution is 2.45. The molecule has 40 heavy (non-hydrogen) atoms. The number of hydrogen-bond acceptors (Lipinski definition) is 7. The van der Waals surface area contributed by atoms with Crippen LogP contribution in [0.15, 0.2) is 12.2 Å². The Balaban J connectivity index is 1.94. The zero-order valence-corrected chi connectivity index (χ0v) is 26.6. The zero-order chi connectivity index (χ0) is 30.2. The van der Waals surface area contributed by atoms with E-state index in [-0.39, 0.29) is 41.5 Å². The fourth-order valence-corrected chi connectivity index (χ4v) is 6.12. The van der Waals surface area contributed by atoms with E-state index in [1.165, 1.54) is 13.2 Å². The van der Waals surface area contributed by atoms with Crippen molar-refractivity contribution in [1.82, 2.24) is 0 Å². The van der Waals surface area contributed by atoms with Gasteiger partial charge in [0.15, 0.2) is 11.6 Å². The van der Waals surface area contributed by atoms with E-state index in [4.69, 9.17) is 14.2 Å². The molecule has 0 saturated carbocycles. The second kappa shape index (κ2) is 15.9. The van der Waals surface area contributed by atoms with E-state index in [9.17, 15) is 19.8 Å². The van der Waals surface area contributed by atoms with Gasteiger partial charge >= 0.3 is 0 Å². The third-order valence-corrected chi connectivity index (χ3v) is 9.70. The van der Waals surface area contributed by atoms with Crippen LogP contribution in [-0.2, 0) is 23.8 Å². The minimum atomic E-state index is -0.761. The molecule has 2 fully saturated rings. The Morgan fingerprint density at radius 1 is 0.975 bits per heavy atom. The number of carbonyl (C=O) groups excluding carboxylic acids is 2. The maximum absolute atomic E-state index is 12.7. The van der Waals surface area contributed by atoms with Crippen molar-refractivity contribution in [3.05, 3.63) is 12.2 Å². The van der Waals surface area contributed by atoms with Crippen LogP contribution in [0, 0.1) is 35.5 Å². The standard InChI is InChI=1S/C33H58O7/c1-20(2)31(37)30(38-9)15-13-28(36)25(7)27(35)12-10-23(5)32-24(6)17-19-33(40-32)18-16-22(4)29(39-33)14-11-21(3)26(8)34/h13,15,20-25,27,29-32,35,37H,10-12,14,16-19H2,1-9H3/b15-13+/t21-,22+,23+,24-,25-,27-,29-,30-,31+,32-,33+/m0/s1. The maximum Gasteiger partial charge on any atom is 0.169 e. The number of carbonyl (C=O) groups is 2. The number of methoxy groups -OCH3 is 1. The average Bonchev–Trinajstić information content (AvgIpc) is 2.92. The van der Waals surface area contributed by atoms with Gasteiger partial charge in [-0.1, -0.05) is 48.5 Å². The van der Waals surface area contributed by atoms with E-state index in [0.717, 1.165) is 44.9 Å². The number of ether oxygens (including phenoxy) is 3. The van der Waals surface area contributed by atoms with Crippen molar-refractivity contribution < 1.29 is 34.0 Å². The number of allylic oxidation sites excluding steroid dienone is 1. The molecule has 0 bridgehead atoms. The van der Waals surface area contributed by atoms with E-state index in [2.05, 4.69) is 20.8 Å². The van der Waals surface area contributed by atoms with Crippen LogP contribution in [0.1, 0.15) is 107 Å². The molecule has 0 aromatic heterocycles. The van der Waals surface area contributed by atoms with Gasteiger partial charge in [-0.2, -0.15) is 0 Å². The Morgan fingerprint density at radius 3 is 2.17 bits per heavy atom. The van der Waals surface area contributed by atoms with Crippen LogP contribution in [0.25, 0.3) is 0 Å². The third kappa shape index (κ3) is 9.72. The Bertz CT molecular complexity index is 822. The van der Waals surface area contributed by atoms with Gasteiger partial charge in [0, 0.05) is 31.8 Å². The molecule has 0 amide bonds. The molecule has 11 atom stereocenters. The molecule has 232 valence electrons. The molecule has 2 N–H and O–H groups in total. The van der Waals surface area contributed by atoms with Crippen LogP contribution >= 0.6 is 0 Å².